The molecule has 0 aliphatic heterocycles. The molecule has 0 aromatic carbocycles. The first-order valence-corrected chi connectivity index (χ1v) is 4.18. The molecule has 0 fully saturated rings. The molecule has 0 spiro atoms. The van der Waals surface area contributed by atoms with Crippen molar-refractivity contribution in [3.8, 4) is 0 Å². The van der Waals surface area contributed by atoms with Gasteiger partial charge < -0.3 is 10.8 Å². The lowest BCUT2D eigenvalue weighted by atomic mass is 10.2. The van der Waals surface area contributed by atoms with Crippen molar-refractivity contribution in [2.75, 3.05) is 0 Å². The smallest absolute Gasteiger partial charge is 0.320 e. The van der Waals surface area contributed by atoms with E-state index in [1.165, 1.54) is 11.3 Å². The number of carboxylic acid groups (broad SMARTS) is 1. The van der Waals surface area contributed by atoms with Gasteiger partial charge in [-0.2, -0.15) is 0 Å². The minimum absolute atomic E-state index is 0.251. The number of hydrogen-bond donors (Lipinski definition) is 2. The van der Waals surface area contributed by atoms with Gasteiger partial charge in [-0.3, -0.25) is 4.79 Å². The SMILES string of the molecule is Cc1nnc(C[C@H](N)C(=O)O)s1. The highest BCUT2D eigenvalue weighted by Gasteiger charge is 2.14. The number of aryl methyl sites for hydroxylation is 1. The van der Waals surface area contributed by atoms with Crippen LogP contribution in [0.3, 0.4) is 0 Å². The normalized spacial score (nSPS) is 12.8. The summed E-state index contributed by atoms with van der Waals surface area (Å²) < 4.78 is 0. The quantitative estimate of drug-likeness (QED) is 0.684. The molecular formula is C6H9N3O2S. The van der Waals surface area contributed by atoms with Gasteiger partial charge in [0.1, 0.15) is 16.1 Å². The van der Waals surface area contributed by atoms with Crippen molar-refractivity contribution in [3.63, 3.8) is 0 Å². The molecule has 0 saturated heterocycles. The molecule has 0 unspecified atom stereocenters. The monoisotopic (exact) mass is 187 g/mol. The lowest BCUT2D eigenvalue weighted by Crippen LogP contribution is -2.32. The highest BCUT2D eigenvalue weighted by Crippen LogP contribution is 2.09. The maximum atomic E-state index is 10.3. The molecule has 1 aromatic heterocycles. The van der Waals surface area contributed by atoms with Crippen molar-refractivity contribution in [2.24, 2.45) is 5.73 Å². The summed E-state index contributed by atoms with van der Waals surface area (Å²) in [6.45, 7) is 1.81. The molecule has 1 aromatic rings. The Hall–Kier alpha value is -1.01. The predicted molar refractivity (Wildman–Crippen MR) is 44.0 cm³/mol. The van der Waals surface area contributed by atoms with Crippen LogP contribution in [0.25, 0.3) is 0 Å². The van der Waals surface area contributed by atoms with Crippen LogP contribution < -0.4 is 5.73 Å². The van der Waals surface area contributed by atoms with Gasteiger partial charge in [-0.15, -0.1) is 21.5 Å². The zero-order valence-corrected chi connectivity index (χ0v) is 7.34. The third-order valence-electron chi connectivity index (χ3n) is 1.28. The summed E-state index contributed by atoms with van der Waals surface area (Å²) in [5.41, 5.74) is 5.30. The molecule has 0 aliphatic rings. The zero-order chi connectivity index (χ0) is 9.14. The summed E-state index contributed by atoms with van der Waals surface area (Å²) in [4.78, 5) is 10.3. The highest BCUT2D eigenvalue weighted by molar-refractivity contribution is 7.11. The van der Waals surface area contributed by atoms with E-state index >= 15 is 0 Å². The molecule has 5 nitrogen and oxygen atoms in total. The summed E-state index contributed by atoms with van der Waals surface area (Å²) >= 11 is 1.37. The second-order valence-electron chi connectivity index (χ2n) is 2.36. The van der Waals surface area contributed by atoms with Gasteiger partial charge in [0.25, 0.3) is 0 Å². The van der Waals surface area contributed by atoms with E-state index < -0.39 is 12.0 Å². The van der Waals surface area contributed by atoms with Gasteiger partial charge in [-0.25, -0.2) is 0 Å². The number of carboxylic acids is 1. The molecule has 0 saturated carbocycles. The van der Waals surface area contributed by atoms with E-state index in [2.05, 4.69) is 10.2 Å². The molecule has 0 bridgehead atoms. The molecule has 1 atom stereocenters. The van der Waals surface area contributed by atoms with Crippen molar-refractivity contribution in [1.82, 2.24) is 10.2 Å². The fourth-order valence-electron chi connectivity index (χ4n) is 0.695. The fraction of sp³-hybridized carbons (Fsp3) is 0.500. The molecule has 12 heavy (non-hydrogen) atoms. The van der Waals surface area contributed by atoms with Crippen LogP contribution in [0, 0.1) is 6.92 Å². The largest absolute Gasteiger partial charge is 0.480 e. The van der Waals surface area contributed by atoms with Gasteiger partial charge in [-0.05, 0) is 6.92 Å². The number of nitrogens with zero attached hydrogens (tertiary/aromatic N) is 2. The van der Waals surface area contributed by atoms with Crippen LogP contribution in [0.2, 0.25) is 0 Å². The van der Waals surface area contributed by atoms with Crippen LogP contribution in [0.15, 0.2) is 0 Å². The minimum Gasteiger partial charge on any atom is -0.480 e. The number of aromatic nitrogens is 2. The van der Waals surface area contributed by atoms with Crippen LogP contribution in [-0.2, 0) is 11.2 Å². The van der Waals surface area contributed by atoms with Crippen molar-refractivity contribution in [1.29, 1.82) is 0 Å². The summed E-state index contributed by atoms with van der Waals surface area (Å²) in [5.74, 6) is -1.01. The fourth-order valence-corrected chi connectivity index (χ4v) is 1.46. The number of carbonyl (C=O) groups is 1. The third-order valence-corrected chi connectivity index (χ3v) is 2.14. The van der Waals surface area contributed by atoms with E-state index in [0.29, 0.717) is 5.01 Å². The lowest BCUT2D eigenvalue weighted by Gasteiger charge is -2.00. The van der Waals surface area contributed by atoms with Gasteiger partial charge in [0.05, 0.1) is 0 Å². The Kier molecular flexibility index (Phi) is 2.72. The highest BCUT2D eigenvalue weighted by atomic mass is 32.1. The molecule has 1 rings (SSSR count). The predicted octanol–water partition coefficient (Wildman–Crippen LogP) is -0.199. The summed E-state index contributed by atoms with van der Waals surface area (Å²) in [5, 5.41) is 17.5. The first-order chi connectivity index (χ1) is 5.59. The first kappa shape index (κ1) is 9.08. The van der Waals surface area contributed by atoms with Gasteiger partial charge in [-0.1, -0.05) is 0 Å². The molecule has 0 aliphatic carbocycles. The van der Waals surface area contributed by atoms with E-state index in [0.717, 1.165) is 5.01 Å². The Morgan fingerprint density at radius 2 is 2.42 bits per heavy atom. The van der Waals surface area contributed by atoms with Crippen molar-refractivity contribution in [3.05, 3.63) is 10.0 Å². The maximum Gasteiger partial charge on any atom is 0.320 e. The lowest BCUT2D eigenvalue weighted by molar-refractivity contribution is -0.138. The number of hydrogen-bond acceptors (Lipinski definition) is 5. The summed E-state index contributed by atoms with van der Waals surface area (Å²) in [6, 6.07) is -0.877. The Morgan fingerprint density at radius 1 is 1.75 bits per heavy atom. The molecular weight excluding hydrogens is 178 g/mol. The van der Waals surface area contributed by atoms with E-state index in [-0.39, 0.29) is 6.42 Å². The van der Waals surface area contributed by atoms with Gasteiger partial charge in [0.15, 0.2) is 0 Å². The Balaban J connectivity index is 2.58. The van der Waals surface area contributed by atoms with E-state index in [9.17, 15) is 4.79 Å². The van der Waals surface area contributed by atoms with E-state index in [4.69, 9.17) is 10.8 Å². The van der Waals surface area contributed by atoms with Crippen LogP contribution in [0.5, 0.6) is 0 Å². The van der Waals surface area contributed by atoms with Gasteiger partial charge >= 0.3 is 5.97 Å². The second kappa shape index (κ2) is 3.59. The van der Waals surface area contributed by atoms with Gasteiger partial charge in [0.2, 0.25) is 0 Å². The molecule has 6 heteroatoms. The molecule has 66 valence electrons. The molecule has 0 radical (unpaired) electrons. The average Bonchev–Trinajstić information content (AvgIpc) is 2.35. The first-order valence-electron chi connectivity index (χ1n) is 3.37. The van der Waals surface area contributed by atoms with Crippen molar-refractivity contribution in [2.45, 2.75) is 19.4 Å². The van der Waals surface area contributed by atoms with E-state index in [1.54, 1.807) is 0 Å². The van der Waals surface area contributed by atoms with Crippen LogP contribution in [0.4, 0.5) is 0 Å². The second-order valence-corrected chi connectivity index (χ2v) is 3.63. The molecule has 3 N–H and O–H groups in total. The van der Waals surface area contributed by atoms with Crippen LogP contribution in [-0.4, -0.2) is 27.3 Å². The third kappa shape index (κ3) is 2.24. The number of nitrogens with two attached hydrogens (primary N) is 1. The van der Waals surface area contributed by atoms with Gasteiger partial charge in [0, 0.05) is 6.42 Å². The Morgan fingerprint density at radius 3 is 2.83 bits per heavy atom. The Bertz CT molecular complexity index is 286. The number of rotatable bonds is 3. The van der Waals surface area contributed by atoms with Crippen LogP contribution in [0.1, 0.15) is 10.0 Å². The molecule has 1 heterocycles. The maximum absolute atomic E-state index is 10.3. The van der Waals surface area contributed by atoms with Crippen molar-refractivity contribution >= 4 is 17.3 Å². The minimum atomic E-state index is -1.01. The topological polar surface area (TPSA) is 89.1 Å². The molecule has 0 amide bonds. The number of aliphatic carboxylic acids is 1. The standard InChI is InChI=1S/C6H9N3O2S/c1-3-8-9-5(12-3)2-4(7)6(10)11/h4H,2,7H2,1H3,(H,10,11)/t4-/m0/s1. The summed E-state index contributed by atoms with van der Waals surface area (Å²) in [7, 11) is 0. The Labute approximate surface area is 73.2 Å². The van der Waals surface area contributed by atoms with Crippen LogP contribution >= 0.6 is 11.3 Å². The van der Waals surface area contributed by atoms with E-state index in [1.807, 2.05) is 6.92 Å². The van der Waals surface area contributed by atoms with Crippen molar-refractivity contribution < 1.29 is 9.90 Å². The average molecular weight is 187 g/mol. The summed E-state index contributed by atoms with van der Waals surface area (Å²) in [6.07, 6.45) is 0.251. The zero-order valence-electron chi connectivity index (χ0n) is 6.52.